The fourth-order valence-corrected chi connectivity index (χ4v) is 2.20. The monoisotopic (exact) mass is 278 g/mol. The second kappa shape index (κ2) is 5.25. The van der Waals surface area contributed by atoms with Gasteiger partial charge in [-0.05, 0) is 35.0 Å². The van der Waals surface area contributed by atoms with Crippen molar-refractivity contribution in [2.45, 2.75) is 6.92 Å². The Kier molecular flexibility index (Phi) is 3.28. The summed E-state index contributed by atoms with van der Waals surface area (Å²) in [6.07, 6.45) is 0. The molecule has 1 aromatic heterocycles. The largest absolute Gasteiger partial charge is 0.348 e. The molecule has 4 heteroatoms. The molecule has 0 atom stereocenters. The Bertz CT molecular complexity index is 833. The number of nitrogens with one attached hydrogen (secondary N) is 2. The minimum Gasteiger partial charge on any atom is -0.348 e. The molecule has 2 aromatic carbocycles. The lowest BCUT2D eigenvalue weighted by atomic mass is 10.1. The number of rotatable bonds is 3. The van der Waals surface area contributed by atoms with Crippen LogP contribution in [0, 0.1) is 0 Å². The fraction of sp³-hybridized carbons (Fsp3) is 0.0588. The zero-order valence-electron chi connectivity index (χ0n) is 11.5. The molecule has 4 nitrogen and oxygen atoms in total. The number of hydrogen-bond donors (Lipinski definition) is 2. The van der Waals surface area contributed by atoms with Gasteiger partial charge in [-0.15, -0.1) is 0 Å². The highest BCUT2D eigenvalue weighted by molar-refractivity contribution is 6.05. The second-order valence-electron chi connectivity index (χ2n) is 4.86. The minimum atomic E-state index is -0.266. The molecule has 0 aliphatic carbocycles. The normalized spacial score (nSPS) is 10.5. The number of aromatic amines is 1. The van der Waals surface area contributed by atoms with Gasteiger partial charge in [-0.2, -0.15) is 0 Å². The van der Waals surface area contributed by atoms with E-state index in [0.29, 0.717) is 11.4 Å². The Labute approximate surface area is 121 Å². The number of aromatic nitrogens is 1. The first-order valence-electron chi connectivity index (χ1n) is 6.63. The maximum atomic E-state index is 12.1. The number of hydrogen-bond acceptors (Lipinski definition) is 2. The number of carbonyl (C=O) groups excluding carboxylic acids is 2. The Morgan fingerprint density at radius 2 is 1.62 bits per heavy atom. The van der Waals surface area contributed by atoms with Crippen LogP contribution in [0.3, 0.4) is 0 Å². The molecule has 0 spiro atoms. The molecule has 0 radical (unpaired) electrons. The fourth-order valence-electron chi connectivity index (χ4n) is 2.20. The zero-order chi connectivity index (χ0) is 14.8. The van der Waals surface area contributed by atoms with Crippen LogP contribution in [-0.4, -0.2) is 16.7 Å². The van der Waals surface area contributed by atoms with Crippen LogP contribution in [-0.2, 0) is 0 Å². The highest BCUT2D eigenvalue weighted by Gasteiger charge is 2.10. The van der Waals surface area contributed by atoms with Crippen LogP contribution < -0.4 is 5.32 Å². The first-order chi connectivity index (χ1) is 10.1. The van der Waals surface area contributed by atoms with E-state index in [-0.39, 0.29) is 11.7 Å². The smallest absolute Gasteiger partial charge is 0.272 e. The molecular weight excluding hydrogens is 264 g/mol. The lowest BCUT2D eigenvalue weighted by Crippen LogP contribution is -2.12. The number of anilines is 1. The van der Waals surface area contributed by atoms with Gasteiger partial charge < -0.3 is 10.3 Å². The van der Waals surface area contributed by atoms with Crippen molar-refractivity contribution in [2.75, 3.05) is 5.32 Å². The summed E-state index contributed by atoms with van der Waals surface area (Å²) in [4.78, 5) is 26.2. The van der Waals surface area contributed by atoms with E-state index in [1.165, 1.54) is 6.92 Å². The molecule has 0 saturated carbocycles. The summed E-state index contributed by atoms with van der Waals surface area (Å²) in [5.41, 5.74) is 1.52. The summed E-state index contributed by atoms with van der Waals surface area (Å²) in [6, 6.07) is 16.9. The summed E-state index contributed by atoms with van der Waals surface area (Å²) in [5.74, 6) is -0.363. The van der Waals surface area contributed by atoms with Crippen LogP contribution in [0.1, 0.15) is 27.9 Å². The number of amides is 1. The Balaban J connectivity index is 1.83. The predicted octanol–water partition coefficient (Wildman–Crippen LogP) is 3.62. The third-order valence-electron chi connectivity index (χ3n) is 3.32. The molecular formula is C17H14N2O2. The van der Waals surface area contributed by atoms with Gasteiger partial charge in [0.25, 0.3) is 5.91 Å². The molecule has 0 aliphatic heterocycles. The molecule has 3 aromatic rings. The third kappa shape index (κ3) is 2.69. The van der Waals surface area contributed by atoms with Gasteiger partial charge in [0.15, 0.2) is 5.78 Å². The number of fused-ring (bicyclic) bond motifs is 1. The molecule has 0 aliphatic rings. The summed E-state index contributed by atoms with van der Waals surface area (Å²) >= 11 is 0. The topological polar surface area (TPSA) is 62.0 Å². The van der Waals surface area contributed by atoms with Crippen LogP contribution in [0.4, 0.5) is 5.69 Å². The first-order valence-corrected chi connectivity index (χ1v) is 6.63. The maximum Gasteiger partial charge on any atom is 0.272 e. The molecule has 21 heavy (non-hydrogen) atoms. The minimum absolute atomic E-state index is 0.0974. The average molecular weight is 278 g/mol. The number of H-pyrrole nitrogens is 1. The van der Waals surface area contributed by atoms with Gasteiger partial charge >= 0.3 is 0 Å². The molecule has 1 amide bonds. The standard InChI is InChI=1S/C17H14N2O2/c1-11(20)15-8-9-16(19-15)17(21)18-14-7-6-12-4-2-3-5-13(12)10-14/h2-10,19H,1H3,(H,18,21). The molecule has 1 heterocycles. The van der Waals surface area contributed by atoms with Gasteiger partial charge in [-0.25, -0.2) is 0 Å². The third-order valence-corrected chi connectivity index (χ3v) is 3.32. The van der Waals surface area contributed by atoms with E-state index in [4.69, 9.17) is 0 Å². The average Bonchev–Trinajstić information content (AvgIpc) is 2.97. The van der Waals surface area contributed by atoms with E-state index in [1.807, 2.05) is 42.5 Å². The zero-order valence-corrected chi connectivity index (χ0v) is 11.5. The van der Waals surface area contributed by atoms with Gasteiger partial charge in [0.2, 0.25) is 0 Å². The number of carbonyl (C=O) groups is 2. The first kappa shape index (κ1) is 13.1. The molecule has 3 rings (SSSR count). The van der Waals surface area contributed by atoms with Gasteiger partial charge in [0.05, 0.1) is 5.69 Å². The van der Waals surface area contributed by atoms with E-state index in [2.05, 4.69) is 10.3 Å². The maximum absolute atomic E-state index is 12.1. The van der Waals surface area contributed by atoms with Crippen molar-refractivity contribution in [1.82, 2.24) is 4.98 Å². The van der Waals surface area contributed by atoms with Crippen LogP contribution in [0.2, 0.25) is 0 Å². The summed E-state index contributed by atoms with van der Waals surface area (Å²) in [5, 5.41) is 5.00. The predicted molar refractivity (Wildman–Crippen MR) is 82.7 cm³/mol. The van der Waals surface area contributed by atoms with E-state index >= 15 is 0 Å². The van der Waals surface area contributed by atoms with Crippen molar-refractivity contribution in [3.8, 4) is 0 Å². The van der Waals surface area contributed by atoms with Gasteiger partial charge in [0.1, 0.15) is 5.69 Å². The van der Waals surface area contributed by atoms with E-state index < -0.39 is 0 Å². The number of Topliss-reactive ketones (excluding diaryl/α,β-unsaturated/α-hetero) is 1. The van der Waals surface area contributed by atoms with Crippen molar-refractivity contribution < 1.29 is 9.59 Å². The summed E-state index contributed by atoms with van der Waals surface area (Å²) < 4.78 is 0. The van der Waals surface area contributed by atoms with Crippen molar-refractivity contribution in [3.63, 3.8) is 0 Å². The van der Waals surface area contributed by atoms with Crippen molar-refractivity contribution in [1.29, 1.82) is 0 Å². The molecule has 104 valence electrons. The summed E-state index contributed by atoms with van der Waals surface area (Å²) in [7, 11) is 0. The van der Waals surface area contributed by atoms with E-state index in [1.54, 1.807) is 12.1 Å². The van der Waals surface area contributed by atoms with Crippen LogP contribution >= 0.6 is 0 Å². The van der Waals surface area contributed by atoms with Crippen LogP contribution in [0.15, 0.2) is 54.6 Å². The molecule has 2 N–H and O–H groups in total. The Hall–Kier alpha value is -2.88. The second-order valence-corrected chi connectivity index (χ2v) is 4.86. The van der Waals surface area contributed by atoms with E-state index in [0.717, 1.165) is 16.5 Å². The Morgan fingerprint density at radius 3 is 2.33 bits per heavy atom. The summed E-state index contributed by atoms with van der Waals surface area (Å²) in [6.45, 7) is 1.46. The highest BCUT2D eigenvalue weighted by Crippen LogP contribution is 2.19. The molecule has 0 unspecified atom stereocenters. The lowest BCUT2D eigenvalue weighted by Gasteiger charge is -2.05. The quantitative estimate of drug-likeness (QED) is 0.719. The van der Waals surface area contributed by atoms with E-state index in [9.17, 15) is 9.59 Å². The van der Waals surface area contributed by atoms with Gasteiger partial charge in [-0.3, -0.25) is 9.59 Å². The number of benzene rings is 2. The van der Waals surface area contributed by atoms with Crippen molar-refractivity contribution in [3.05, 3.63) is 66.0 Å². The SMILES string of the molecule is CC(=O)c1ccc(C(=O)Nc2ccc3ccccc3c2)[nH]1. The van der Waals surface area contributed by atoms with Gasteiger partial charge in [0, 0.05) is 12.6 Å². The molecule has 0 bridgehead atoms. The molecule has 0 fully saturated rings. The molecule has 0 saturated heterocycles. The van der Waals surface area contributed by atoms with Crippen molar-refractivity contribution in [2.24, 2.45) is 0 Å². The Morgan fingerprint density at radius 1 is 0.905 bits per heavy atom. The lowest BCUT2D eigenvalue weighted by molar-refractivity contribution is 0.101. The van der Waals surface area contributed by atoms with Gasteiger partial charge in [-0.1, -0.05) is 30.3 Å². The number of ketones is 1. The highest BCUT2D eigenvalue weighted by atomic mass is 16.2. The van der Waals surface area contributed by atoms with Crippen LogP contribution in [0.25, 0.3) is 10.8 Å². The van der Waals surface area contributed by atoms with Crippen LogP contribution in [0.5, 0.6) is 0 Å². The van der Waals surface area contributed by atoms with Crippen molar-refractivity contribution >= 4 is 28.2 Å².